The van der Waals surface area contributed by atoms with Gasteiger partial charge in [-0.3, -0.25) is 0 Å². The van der Waals surface area contributed by atoms with Crippen molar-refractivity contribution in [2.45, 2.75) is 6.54 Å². The van der Waals surface area contributed by atoms with Crippen molar-refractivity contribution < 1.29 is 4.57 Å². The van der Waals surface area contributed by atoms with Gasteiger partial charge in [0, 0.05) is 11.6 Å². The molecule has 1 aromatic heterocycles. The summed E-state index contributed by atoms with van der Waals surface area (Å²) in [7, 11) is 0. The molecule has 1 heterocycles. The van der Waals surface area contributed by atoms with E-state index in [1.54, 1.807) is 0 Å². The molecule has 3 aromatic rings. The van der Waals surface area contributed by atoms with Crippen LogP contribution in [0.2, 0.25) is 0 Å². The first-order chi connectivity index (χ1) is 10.3. The number of pyridine rings is 1. The Morgan fingerprint density at radius 1 is 1.05 bits per heavy atom. The number of fused-ring (bicyclic) bond motifs is 1. The number of benzene rings is 2. The molecule has 0 radical (unpaired) electrons. The monoisotopic (exact) mass is 340 g/mol. The van der Waals surface area contributed by atoms with Gasteiger partial charge in [-0.2, -0.15) is 4.57 Å². The van der Waals surface area contributed by atoms with Gasteiger partial charge >= 0.3 is 0 Å². The number of halogens is 1. The highest BCUT2D eigenvalue weighted by molar-refractivity contribution is 9.10. The van der Waals surface area contributed by atoms with E-state index >= 15 is 0 Å². The van der Waals surface area contributed by atoms with Crippen LogP contribution in [0.5, 0.6) is 0 Å². The number of hydrogen-bond donors (Lipinski definition) is 0. The third-order valence-electron chi connectivity index (χ3n) is 3.35. The van der Waals surface area contributed by atoms with Crippen LogP contribution >= 0.6 is 15.9 Å². The molecule has 0 bridgehead atoms. The maximum atomic E-state index is 11.2. The number of nitrogens with zero attached hydrogens (tertiary/aromatic N) is 2. The van der Waals surface area contributed by atoms with E-state index in [9.17, 15) is 5.21 Å². The average molecular weight is 341 g/mol. The SMILES string of the molecule is [O-]/N=C(\C[n+]1cccc(Br)c1)c1ccc2ccccc2c1. The van der Waals surface area contributed by atoms with Crippen LogP contribution in [0.15, 0.2) is 76.6 Å². The summed E-state index contributed by atoms with van der Waals surface area (Å²) in [5.41, 5.74) is 1.38. The van der Waals surface area contributed by atoms with Crippen molar-refractivity contribution in [1.29, 1.82) is 0 Å². The van der Waals surface area contributed by atoms with Crippen molar-refractivity contribution in [3.05, 3.63) is 82.2 Å². The highest BCUT2D eigenvalue weighted by Crippen LogP contribution is 2.16. The molecule has 2 aromatic carbocycles. The molecular weight excluding hydrogens is 328 g/mol. The smallest absolute Gasteiger partial charge is 0.190 e. The highest BCUT2D eigenvalue weighted by Gasteiger charge is 2.09. The molecule has 4 heteroatoms. The van der Waals surface area contributed by atoms with Crippen LogP contribution in [0.1, 0.15) is 5.56 Å². The van der Waals surface area contributed by atoms with Crippen molar-refractivity contribution >= 4 is 32.4 Å². The predicted molar refractivity (Wildman–Crippen MR) is 88.2 cm³/mol. The quantitative estimate of drug-likeness (QED) is 0.405. The molecule has 104 valence electrons. The molecule has 0 fully saturated rings. The number of hydrogen-bond acceptors (Lipinski definition) is 2. The molecule has 0 aliphatic heterocycles. The third kappa shape index (κ3) is 3.11. The minimum absolute atomic E-state index is 0.446. The third-order valence-corrected chi connectivity index (χ3v) is 3.82. The molecule has 3 nitrogen and oxygen atoms in total. The minimum atomic E-state index is 0.446. The van der Waals surface area contributed by atoms with E-state index in [0.29, 0.717) is 12.3 Å². The first kappa shape index (κ1) is 13.8. The topological polar surface area (TPSA) is 39.3 Å². The van der Waals surface area contributed by atoms with Gasteiger partial charge in [0.2, 0.25) is 0 Å². The summed E-state index contributed by atoms with van der Waals surface area (Å²) in [6.07, 6.45) is 3.84. The lowest BCUT2D eigenvalue weighted by molar-refractivity contribution is -0.682. The Hall–Kier alpha value is -2.20. The summed E-state index contributed by atoms with van der Waals surface area (Å²) in [5.74, 6) is 0. The van der Waals surface area contributed by atoms with Crippen molar-refractivity contribution in [3.8, 4) is 0 Å². The lowest BCUT2D eigenvalue weighted by Gasteiger charge is -2.08. The predicted octanol–water partition coefficient (Wildman–Crippen LogP) is 3.88. The fourth-order valence-electron chi connectivity index (χ4n) is 2.30. The molecule has 0 saturated carbocycles. The van der Waals surface area contributed by atoms with Crippen LogP contribution < -0.4 is 4.57 Å². The summed E-state index contributed by atoms with van der Waals surface area (Å²) >= 11 is 3.42. The second kappa shape index (κ2) is 6.06. The summed E-state index contributed by atoms with van der Waals surface area (Å²) < 4.78 is 2.89. The molecule has 0 aliphatic rings. The van der Waals surface area contributed by atoms with Crippen molar-refractivity contribution in [2.75, 3.05) is 0 Å². The summed E-state index contributed by atoms with van der Waals surface area (Å²) in [4.78, 5) is 0. The molecule has 0 saturated heterocycles. The van der Waals surface area contributed by atoms with E-state index in [2.05, 4.69) is 27.2 Å². The van der Waals surface area contributed by atoms with E-state index in [1.807, 2.05) is 65.5 Å². The molecule has 3 rings (SSSR count). The van der Waals surface area contributed by atoms with Gasteiger partial charge in [-0.25, -0.2) is 0 Å². The normalized spacial score (nSPS) is 11.8. The zero-order valence-corrected chi connectivity index (χ0v) is 12.8. The van der Waals surface area contributed by atoms with Gasteiger partial charge in [0.15, 0.2) is 18.9 Å². The van der Waals surface area contributed by atoms with Crippen LogP contribution in [-0.4, -0.2) is 5.71 Å². The zero-order chi connectivity index (χ0) is 14.7. The van der Waals surface area contributed by atoms with E-state index < -0.39 is 0 Å². The lowest BCUT2D eigenvalue weighted by atomic mass is 10.0. The maximum Gasteiger partial charge on any atom is 0.190 e. The molecule has 21 heavy (non-hydrogen) atoms. The van der Waals surface area contributed by atoms with E-state index in [-0.39, 0.29) is 0 Å². The van der Waals surface area contributed by atoms with E-state index in [4.69, 9.17) is 0 Å². The Labute approximate surface area is 131 Å². The van der Waals surface area contributed by atoms with Gasteiger partial charge in [0.25, 0.3) is 0 Å². The Morgan fingerprint density at radius 2 is 1.86 bits per heavy atom. The molecule has 0 aliphatic carbocycles. The fraction of sp³-hybridized carbons (Fsp3) is 0.0588. The Bertz CT molecular complexity index is 815. The number of rotatable bonds is 3. The van der Waals surface area contributed by atoms with Crippen LogP contribution in [0.25, 0.3) is 10.8 Å². The van der Waals surface area contributed by atoms with E-state index in [1.165, 1.54) is 0 Å². The maximum absolute atomic E-state index is 11.2. The largest absolute Gasteiger partial charge is 0.792 e. The number of aromatic nitrogens is 1. The molecular formula is C17H13BrN2O. The average Bonchev–Trinajstić information content (AvgIpc) is 2.52. The van der Waals surface area contributed by atoms with Crippen molar-refractivity contribution in [3.63, 3.8) is 0 Å². The molecule has 0 spiro atoms. The zero-order valence-electron chi connectivity index (χ0n) is 11.2. The van der Waals surface area contributed by atoms with E-state index in [0.717, 1.165) is 20.8 Å². The summed E-state index contributed by atoms with van der Waals surface area (Å²) in [6, 6.07) is 17.9. The van der Waals surface area contributed by atoms with Gasteiger partial charge in [-0.15, -0.1) is 0 Å². The van der Waals surface area contributed by atoms with Crippen molar-refractivity contribution in [1.82, 2.24) is 0 Å². The fourth-order valence-corrected chi connectivity index (χ4v) is 2.72. The molecule has 0 amide bonds. The molecule has 0 N–H and O–H groups in total. The summed E-state index contributed by atoms with van der Waals surface area (Å²) in [5, 5.41) is 16.7. The van der Waals surface area contributed by atoms with Crippen molar-refractivity contribution in [2.24, 2.45) is 5.16 Å². The van der Waals surface area contributed by atoms with Crippen LogP contribution in [0.4, 0.5) is 0 Å². The molecule has 0 atom stereocenters. The highest BCUT2D eigenvalue weighted by atomic mass is 79.9. The van der Waals surface area contributed by atoms with Gasteiger partial charge in [0.05, 0.1) is 4.47 Å². The molecule has 0 unspecified atom stereocenters. The van der Waals surface area contributed by atoms with Gasteiger partial charge < -0.3 is 10.4 Å². The first-order valence-electron chi connectivity index (χ1n) is 6.59. The standard InChI is InChI=1S/C17H13BrN2O/c18-16-6-3-9-20(11-16)12-17(19-21)15-8-7-13-4-1-2-5-14(13)10-15/h1-11H,12H2/b19-17+. The van der Waals surface area contributed by atoms with Gasteiger partial charge in [-0.05, 0) is 38.8 Å². The second-order valence-corrected chi connectivity index (χ2v) is 5.71. The lowest BCUT2D eigenvalue weighted by Crippen LogP contribution is -2.37. The minimum Gasteiger partial charge on any atom is -0.792 e. The second-order valence-electron chi connectivity index (χ2n) is 4.79. The Balaban J connectivity index is 1.95. The van der Waals surface area contributed by atoms with Gasteiger partial charge in [0.1, 0.15) is 5.71 Å². The first-order valence-corrected chi connectivity index (χ1v) is 7.38. The van der Waals surface area contributed by atoms with Crippen LogP contribution in [0.3, 0.4) is 0 Å². The summed E-state index contributed by atoms with van der Waals surface area (Å²) in [6.45, 7) is 0.446. The van der Waals surface area contributed by atoms with Gasteiger partial charge in [-0.1, -0.05) is 36.4 Å². The van der Waals surface area contributed by atoms with Crippen LogP contribution in [0, 0.1) is 5.21 Å². The Kier molecular flexibility index (Phi) is 3.97. The van der Waals surface area contributed by atoms with Crippen LogP contribution in [-0.2, 0) is 6.54 Å². The Morgan fingerprint density at radius 3 is 2.62 bits per heavy atom.